The first kappa shape index (κ1) is 9.61. The lowest BCUT2D eigenvalue weighted by Gasteiger charge is -2.21. The SMILES string of the molecule is O=C(O)C1(Cc2nccs2)CCNC1. The predicted octanol–water partition coefficient (Wildman–Crippen LogP) is 0.750. The molecule has 0 aliphatic carbocycles. The number of carboxylic acids is 1. The van der Waals surface area contributed by atoms with Crippen LogP contribution in [0.4, 0.5) is 0 Å². The molecule has 1 aromatic heterocycles. The number of carboxylic acid groups (broad SMARTS) is 1. The third kappa shape index (κ3) is 1.65. The Hall–Kier alpha value is -0.940. The van der Waals surface area contributed by atoms with E-state index >= 15 is 0 Å². The van der Waals surface area contributed by atoms with E-state index in [0.29, 0.717) is 19.4 Å². The number of hydrogen-bond donors (Lipinski definition) is 2. The summed E-state index contributed by atoms with van der Waals surface area (Å²) in [4.78, 5) is 15.3. The standard InChI is InChI=1S/C9H12N2O2S/c12-8(13)9(1-2-10-6-9)5-7-11-3-4-14-7/h3-4,10H,1-2,5-6H2,(H,12,13). The lowest BCUT2D eigenvalue weighted by atomic mass is 9.84. The topological polar surface area (TPSA) is 62.2 Å². The zero-order valence-corrected chi connectivity index (χ0v) is 8.51. The van der Waals surface area contributed by atoms with Crippen LogP contribution in [0, 0.1) is 5.41 Å². The molecule has 1 aromatic rings. The van der Waals surface area contributed by atoms with E-state index in [4.69, 9.17) is 0 Å². The smallest absolute Gasteiger partial charge is 0.311 e. The third-order valence-electron chi connectivity index (χ3n) is 2.67. The van der Waals surface area contributed by atoms with Crippen LogP contribution in [0.5, 0.6) is 0 Å². The molecular formula is C9H12N2O2S. The molecule has 1 aliphatic heterocycles. The maximum absolute atomic E-state index is 11.2. The highest BCUT2D eigenvalue weighted by atomic mass is 32.1. The fraction of sp³-hybridized carbons (Fsp3) is 0.556. The zero-order chi connectivity index (χ0) is 10.0. The summed E-state index contributed by atoms with van der Waals surface area (Å²) in [6.45, 7) is 1.35. The predicted molar refractivity (Wildman–Crippen MR) is 53.4 cm³/mol. The molecule has 1 atom stereocenters. The van der Waals surface area contributed by atoms with Crippen LogP contribution in [0.25, 0.3) is 0 Å². The van der Waals surface area contributed by atoms with Crippen LogP contribution in [-0.2, 0) is 11.2 Å². The van der Waals surface area contributed by atoms with Crippen LogP contribution in [0.2, 0.25) is 0 Å². The van der Waals surface area contributed by atoms with E-state index in [0.717, 1.165) is 11.6 Å². The van der Waals surface area contributed by atoms with Crippen LogP contribution >= 0.6 is 11.3 Å². The summed E-state index contributed by atoms with van der Waals surface area (Å²) in [5.41, 5.74) is -0.627. The van der Waals surface area contributed by atoms with Crippen LogP contribution in [0.1, 0.15) is 11.4 Å². The first-order valence-corrected chi connectivity index (χ1v) is 5.43. The molecule has 1 aliphatic rings. The van der Waals surface area contributed by atoms with Gasteiger partial charge in [0.1, 0.15) is 0 Å². The van der Waals surface area contributed by atoms with Crippen LogP contribution in [0.3, 0.4) is 0 Å². The van der Waals surface area contributed by atoms with Crippen molar-refractivity contribution >= 4 is 17.3 Å². The number of aliphatic carboxylic acids is 1. The highest BCUT2D eigenvalue weighted by molar-refractivity contribution is 7.09. The van der Waals surface area contributed by atoms with E-state index in [2.05, 4.69) is 10.3 Å². The summed E-state index contributed by atoms with van der Waals surface area (Å²) in [6, 6.07) is 0. The van der Waals surface area contributed by atoms with E-state index in [1.54, 1.807) is 6.20 Å². The molecule has 0 spiro atoms. The van der Waals surface area contributed by atoms with E-state index in [-0.39, 0.29) is 0 Å². The van der Waals surface area contributed by atoms with Crippen molar-refractivity contribution in [1.29, 1.82) is 0 Å². The van der Waals surface area contributed by atoms with E-state index < -0.39 is 11.4 Å². The number of aromatic nitrogens is 1. The van der Waals surface area contributed by atoms with Crippen molar-refractivity contribution in [2.24, 2.45) is 5.41 Å². The van der Waals surface area contributed by atoms with Gasteiger partial charge in [0, 0.05) is 24.5 Å². The lowest BCUT2D eigenvalue weighted by Crippen LogP contribution is -2.35. The number of carbonyl (C=O) groups is 1. The first-order chi connectivity index (χ1) is 6.73. The molecule has 4 nitrogen and oxygen atoms in total. The van der Waals surface area contributed by atoms with E-state index in [1.807, 2.05) is 5.38 Å². The largest absolute Gasteiger partial charge is 0.481 e. The summed E-state index contributed by atoms with van der Waals surface area (Å²) in [5, 5.41) is 15.1. The second kappa shape index (κ2) is 3.67. The zero-order valence-electron chi connectivity index (χ0n) is 7.69. The Morgan fingerprint density at radius 3 is 3.14 bits per heavy atom. The minimum atomic E-state index is -0.710. The monoisotopic (exact) mass is 212 g/mol. The van der Waals surface area contributed by atoms with Gasteiger partial charge in [-0.2, -0.15) is 0 Å². The molecule has 14 heavy (non-hydrogen) atoms. The van der Waals surface area contributed by atoms with Crippen molar-refractivity contribution in [3.8, 4) is 0 Å². The normalized spacial score (nSPS) is 26.6. The highest BCUT2D eigenvalue weighted by Gasteiger charge is 2.41. The third-order valence-corrected chi connectivity index (χ3v) is 3.45. The average Bonchev–Trinajstić information content (AvgIpc) is 2.76. The molecule has 0 amide bonds. The Morgan fingerprint density at radius 2 is 2.64 bits per heavy atom. The van der Waals surface area contributed by atoms with Crippen LogP contribution in [0.15, 0.2) is 11.6 Å². The van der Waals surface area contributed by atoms with Gasteiger partial charge in [0.05, 0.1) is 10.4 Å². The quantitative estimate of drug-likeness (QED) is 0.776. The van der Waals surface area contributed by atoms with Crippen molar-refractivity contribution in [1.82, 2.24) is 10.3 Å². The first-order valence-electron chi connectivity index (χ1n) is 4.55. The van der Waals surface area contributed by atoms with Gasteiger partial charge < -0.3 is 10.4 Å². The van der Waals surface area contributed by atoms with Gasteiger partial charge in [-0.05, 0) is 13.0 Å². The van der Waals surface area contributed by atoms with Gasteiger partial charge in [0.2, 0.25) is 0 Å². The second-order valence-corrected chi connectivity index (χ2v) is 4.59. The average molecular weight is 212 g/mol. The van der Waals surface area contributed by atoms with Crippen LogP contribution < -0.4 is 5.32 Å². The molecule has 1 fully saturated rings. The van der Waals surface area contributed by atoms with Gasteiger partial charge in [-0.15, -0.1) is 11.3 Å². The van der Waals surface area contributed by atoms with Crippen molar-refractivity contribution in [2.75, 3.05) is 13.1 Å². The highest BCUT2D eigenvalue weighted by Crippen LogP contribution is 2.30. The molecule has 76 valence electrons. The van der Waals surface area contributed by atoms with Crippen LogP contribution in [-0.4, -0.2) is 29.1 Å². The molecule has 5 heteroatoms. The molecule has 2 rings (SSSR count). The maximum atomic E-state index is 11.2. The van der Waals surface area contributed by atoms with Gasteiger partial charge in [0.15, 0.2) is 0 Å². The minimum Gasteiger partial charge on any atom is -0.481 e. The summed E-state index contributed by atoms with van der Waals surface area (Å²) in [5.74, 6) is -0.710. The number of nitrogens with one attached hydrogen (secondary N) is 1. The molecular weight excluding hydrogens is 200 g/mol. The van der Waals surface area contributed by atoms with Crippen molar-refractivity contribution < 1.29 is 9.90 Å². The summed E-state index contributed by atoms with van der Waals surface area (Å²) in [7, 11) is 0. The molecule has 0 radical (unpaired) electrons. The molecule has 0 aromatic carbocycles. The molecule has 2 heterocycles. The number of nitrogens with zero attached hydrogens (tertiary/aromatic N) is 1. The Kier molecular flexibility index (Phi) is 2.52. The summed E-state index contributed by atoms with van der Waals surface area (Å²) in [6.07, 6.45) is 2.97. The Morgan fingerprint density at radius 1 is 1.79 bits per heavy atom. The van der Waals surface area contributed by atoms with Gasteiger partial charge in [-0.3, -0.25) is 4.79 Å². The molecule has 0 bridgehead atoms. The number of rotatable bonds is 3. The van der Waals surface area contributed by atoms with Gasteiger partial charge >= 0.3 is 5.97 Å². The fourth-order valence-electron chi connectivity index (χ4n) is 1.78. The molecule has 1 saturated heterocycles. The maximum Gasteiger partial charge on any atom is 0.311 e. The Balaban J connectivity index is 2.16. The molecule has 2 N–H and O–H groups in total. The lowest BCUT2D eigenvalue weighted by molar-refractivity contribution is -0.147. The van der Waals surface area contributed by atoms with Crippen molar-refractivity contribution in [3.63, 3.8) is 0 Å². The Bertz CT molecular complexity index is 318. The Labute approximate surface area is 86.0 Å². The molecule has 0 saturated carbocycles. The van der Waals surface area contributed by atoms with Gasteiger partial charge in [-0.1, -0.05) is 0 Å². The summed E-state index contributed by atoms with van der Waals surface area (Å²) >= 11 is 1.52. The van der Waals surface area contributed by atoms with Crippen molar-refractivity contribution in [2.45, 2.75) is 12.8 Å². The van der Waals surface area contributed by atoms with Crippen molar-refractivity contribution in [3.05, 3.63) is 16.6 Å². The molecule has 1 unspecified atom stereocenters. The van der Waals surface area contributed by atoms with Gasteiger partial charge in [-0.25, -0.2) is 4.98 Å². The minimum absolute atomic E-state index is 0.549. The number of hydrogen-bond acceptors (Lipinski definition) is 4. The van der Waals surface area contributed by atoms with Gasteiger partial charge in [0.25, 0.3) is 0 Å². The summed E-state index contributed by atoms with van der Waals surface area (Å²) < 4.78 is 0. The second-order valence-electron chi connectivity index (χ2n) is 3.61. The van der Waals surface area contributed by atoms with E-state index in [1.165, 1.54) is 11.3 Å². The fourth-order valence-corrected chi connectivity index (χ4v) is 2.54. The number of thiazole rings is 1. The van der Waals surface area contributed by atoms with E-state index in [9.17, 15) is 9.90 Å².